The molecule has 0 aliphatic heterocycles. The number of amides is 1. The fourth-order valence-corrected chi connectivity index (χ4v) is 5.30. The first kappa shape index (κ1) is 24.1. The number of hydrogen-bond acceptors (Lipinski definition) is 5. The summed E-state index contributed by atoms with van der Waals surface area (Å²) in [4.78, 5) is 24.7. The van der Waals surface area contributed by atoms with E-state index in [2.05, 4.69) is 5.32 Å². The summed E-state index contributed by atoms with van der Waals surface area (Å²) >= 11 is 7.71. The number of thiophene rings is 1. The molecule has 1 amide bonds. The predicted molar refractivity (Wildman–Crippen MR) is 134 cm³/mol. The number of aliphatic carboxylic acids is 1. The highest BCUT2D eigenvalue weighted by atomic mass is 35.5. The van der Waals surface area contributed by atoms with Crippen LogP contribution in [0, 0.1) is 5.92 Å². The van der Waals surface area contributed by atoms with Gasteiger partial charge in [-0.1, -0.05) is 29.8 Å². The van der Waals surface area contributed by atoms with Gasteiger partial charge in [0.15, 0.2) is 0 Å². The molecule has 6 nitrogen and oxygen atoms in total. The van der Waals surface area contributed by atoms with E-state index in [9.17, 15) is 14.7 Å². The van der Waals surface area contributed by atoms with Gasteiger partial charge in [0.1, 0.15) is 11.9 Å². The minimum atomic E-state index is -0.749. The van der Waals surface area contributed by atoms with E-state index < -0.39 is 18.2 Å². The molecule has 2 N–H and O–H groups in total. The molecule has 3 aromatic rings. The van der Waals surface area contributed by atoms with E-state index in [0.29, 0.717) is 29.3 Å². The lowest BCUT2D eigenvalue weighted by Gasteiger charge is -2.27. The van der Waals surface area contributed by atoms with Gasteiger partial charge in [-0.25, -0.2) is 4.79 Å². The Labute approximate surface area is 207 Å². The van der Waals surface area contributed by atoms with Gasteiger partial charge < -0.3 is 14.6 Å². The number of hydrogen-bond donors (Lipinski definition) is 2. The van der Waals surface area contributed by atoms with Crippen molar-refractivity contribution in [1.82, 2.24) is 0 Å². The first-order chi connectivity index (χ1) is 16.4. The highest BCUT2D eigenvalue weighted by Gasteiger charge is 2.28. The summed E-state index contributed by atoms with van der Waals surface area (Å²) < 4.78 is 11.6. The molecule has 34 heavy (non-hydrogen) atoms. The van der Waals surface area contributed by atoms with Gasteiger partial charge in [-0.3, -0.25) is 10.1 Å². The van der Waals surface area contributed by atoms with Crippen LogP contribution in [-0.4, -0.2) is 23.3 Å². The lowest BCUT2D eigenvalue weighted by atomic mass is 9.87. The molecule has 3 atom stereocenters. The smallest absolute Gasteiger partial charge is 0.412 e. The number of carboxylic acids is 1. The maximum atomic E-state index is 12.5. The van der Waals surface area contributed by atoms with E-state index in [4.69, 9.17) is 21.1 Å². The van der Waals surface area contributed by atoms with E-state index >= 15 is 0 Å². The Kier molecular flexibility index (Phi) is 7.75. The third-order valence-corrected chi connectivity index (χ3v) is 7.23. The van der Waals surface area contributed by atoms with Crippen LogP contribution in [0.3, 0.4) is 0 Å². The van der Waals surface area contributed by atoms with Crippen LogP contribution < -0.4 is 10.1 Å². The molecule has 0 radical (unpaired) electrons. The molecule has 1 saturated carbocycles. The molecule has 4 rings (SSSR count). The van der Waals surface area contributed by atoms with Crippen molar-refractivity contribution < 1.29 is 24.2 Å². The summed E-state index contributed by atoms with van der Waals surface area (Å²) in [5, 5.41) is 14.5. The summed E-state index contributed by atoms with van der Waals surface area (Å²) in [6.07, 6.45) is 1.82. The van der Waals surface area contributed by atoms with Crippen molar-refractivity contribution in [2.24, 2.45) is 5.92 Å². The molecule has 178 valence electrons. The molecule has 1 unspecified atom stereocenters. The molecule has 2 aromatic carbocycles. The Balaban J connectivity index is 1.38. The fourth-order valence-electron chi connectivity index (χ4n) is 4.15. The summed E-state index contributed by atoms with van der Waals surface area (Å²) in [6, 6.07) is 16.7. The molecular formula is C26H26ClNO5S. The molecule has 0 spiro atoms. The van der Waals surface area contributed by atoms with E-state index in [1.807, 2.05) is 53.9 Å². The quantitative estimate of drug-likeness (QED) is 0.353. The van der Waals surface area contributed by atoms with Crippen LogP contribution >= 0.6 is 22.9 Å². The molecule has 1 heterocycles. The zero-order valence-corrected chi connectivity index (χ0v) is 20.3. The fraction of sp³-hybridized carbons (Fsp3) is 0.308. The van der Waals surface area contributed by atoms with Crippen molar-refractivity contribution in [3.05, 3.63) is 70.6 Å². The first-order valence-electron chi connectivity index (χ1n) is 11.2. The molecule has 1 aromatic heterocycles. The van der Waals surface area contributed by atoms with Gasteiger partial charge in [0.05, 0.1) is 22.6 Å². The van der Waals surface area contributed by atoms with Crippen LogP contribution in [0.25, 0.3) is 10.4 Å². The number of carboxylic acid groups (broad SMARTS) is 1. The molecule has 8 heteroatoms. The SMILES string of the molecule is CC(OC(=O)Nc1ccsc1-c1ccc(O[C@H]2CCC[C@H](C(=O)O)C2)cc1)c1ccccc1Cl. The minimum Gasteiger partial charge on any atom is -0.490 e. The van der Waals surface area contributed by atoms with Gasteiger partial charge >= 0.3 is 12.1 Å². The van der Waals surface area contributed by atoms with Crippen molar-refractivity contribution in [1.29, 1.82) is 0 Å². The van der Waals surface area contributed by atoms with Crippen LogP contribution in [0.5, 0.6) is 5.75 Å². The number of anilines is 1. The Hall–Kier alpha value is -3.03. The third kappa shape index (κ3) is 5.90. The van der Waals surface area contributed by atoms with Crippen LogP contribution in [0.1, 0.15) is 44.3 Å². The van der Waals surface area contributed by atoms with E-state index in [1.54, 1.807) is 13.0 Å². The Morgan fingerprint density at radius 2 is 1.88 bits per heavy atom. The zero-order valence-electron chi connectivity index (χ0n) is 18.7. The zero-order chi connectivity index (χ0) is 24.1. The maximum absolute atomic E-state index is 12.5. The number of carbonyl (C=O) groups is 2. The van der Waals surface area contributed by atoms with E-state index in [0.717, 1.165) is 28.8 Å². The van der Waals surface area contributed by atoms with Crippen molar-refractivity contribution >= 4 is 40.7 Å². The number of halogens is 1. The molecule has 1 aliphatic rings. The standard InChI is InChI=1S/C26H26ClNO5S/c1-16(21-7-2-3-8-22(21)27)32-26(31)28-23-13-14-34-24(23)17-9-11-19(12-10-17)33-20-6-4-5-18(15-20)25(29)30/h2-3,7-14,16,18,20H,4-6,15H2,1H3,(H,28,31)(H,29,30)/t16?,18-,20-/m0/s1. The molecule has 0 saturated heterocycles. The monoisotopic (exact) mass is 499 g/mol. The molecule has 1 aliphatic carbocycles. The predicted octanol–water partition coefficient (Wildman–Crippen LogP) is 7.40. The van der Waals surface area contributed by atoms with Crippen LogP contribution in [0.2, 0.25) is 5.02 Å². The Morgan fingerprint density at radius 1 is 1.12 bits per heavy atom. The van der Waals surface area contributed by atoms with Gasteiger partial charge in [-0.15, -0.1) is 11.3 Å². The van der Waals surface area contributed by atoms with Crippen molar-refractivity contribution in [3.63, 3.8) is 0 Å². The summed E-state index contributed by atoms with van der Waals surface area (Å²) in [6.45, 7) is 1.78. The minimum absolute atomic E-state index is 0.0884. The normalized spacial score (nSPS) is 18.6. The number of ether oxygens (including phenoxy) is 2. The lowest BCUT2D eigenvalue weighted by Crippen LogP contribution is -2.29. The lowest BCUT2D eigenvalue weighted by molar-refractivity contribution is -0.143. The van der Waals surface area contributed by atoms with Gasteiger partial charge in [0.2, 0.25) is 0 Å². The molecule has 1 fully saturated rings. The molecular weight excluding hydrogens is 474 g/mol. The summed E-state index contributed by atoms with van der Waals surface area (Å²) in [7, 11) is 0. The average molecular weight is 500 g/mol. The van der Waals surface area contributed by atoms with Crippen molar-refractivity contribution in [2.45, 2.75) is 44.8 Å². The molecule has 0 bridgehead atoms. The van der Waals surface area contributed by atoms with Gasteiger partial charge in [-0.05, 0) is 79.9 Å². The first-order valence-corrected chi connectivity index (χ1v) is 12.5. The second kappa shape index (κ2) is 10.9. The van der Waals surface area contributed by atoms with Crippen molar-refractivity contribution in [2.75, 3.05) is 5.32 Å². The Bertz CT molecular complexity index is 1150. The second-order valence-corrected chi connectivity index (χ2v) is 9.65. The number of nitrogens with one attached hydrogen (secondary N) is 1. The summed E-state index contributed by atoms with van der Waals surface area (Å²) in [5.41, 5.74) is 2.34. The highest BCUT2D eigenvalue weighted by Crippen LogP contribution is 2.36. The number of benzene rings is 2. The largest absolute Gasteiger partial charge is 0.490 e. The van der Waals surface area contributed by atoms with Gasteiger partial charge in [0, 0.05) is 10.6 Å². The second-order valence-electron chi connectivity index (χ2n) is 8.32. The highest BCUT2D eigenvalue weighted by molar-refractivity contribution is 7.14. The topological polar surface area (TPSA) is 84.9 Å². The van der Waals surface area contributed by atoms with E-state index in [-0.39, 0.29) is 12.0 Å². The van der Waals surface area contributed by atoms with Gasteiger partial charge in [-0.2, -0.15) is 0 Å². The van der Waals surface area contributed by atoms with Crippen LogP contribution in [-0.2, 0) is 9.53 Å². The summed E-state index contributed by atoms with van der Waals surface area (Å²) in [5.74, 6) is -0.377. The van der Waals surface area contributed by atoms with E-state index in [1.165, 1.54) is 11.3 Å². The Morgan fingerprint density at radius 3 is 2.62 bits per heavy atom. The van der Waals surface area contributed by atoms with Crippen LogP contribution in [0.4, 0.5) is 10.5 Å². The third-order valence-electron chi connectivity index (χ3n) is 5.92. The maximum Gasteiger partial charge on any atom is 0.412 e. The van der Waals surface area contributed by atoms with Crippen LogP contribution in [0.15, 0.2) is 60.0 Å². The average Bonchev–Trinajstić information content (AvgIpc) is 3.27. The van der Waals surface area contributed by atoms with Crippen molar-refractivity contribution in [3.8, 4) is 16.2 Å². The number of rotatable bonds is 7. The number of carbonyl (C=O) groups excluding carboxylic acids is 1. The van der Waals surface area contributed by atoms with Gasteiger partial charge in [0.25, 0.3) is 0 Å².